The Balaban J connectivity index is 1.09. The summed E-state index contributed by atoms with van der Waals surface area (Å²) in [7, 11) is 0. The number of nitrogens with zero attached hydrogens (tertiary/aromatic N) is 1. The van der Waals surface area contributed by atoms with Crippen LogP contribution in [0.4, 0.5) is 0 Å². The van der Waals surface area contributed by atoms with Gasteiger partial charge in [0.15, 0.2) is 0 Å². The van der Waals surface area contributed by atoms with Crippen molar-refractivity contribution in [3.63, 3.8) is 0 Å². The van der Waals surface area contributed by atoms with E-state index in [2.05, 4.69) is 174 Å². The van der Waals surface area contributed by atoms with Crippen LogP contribution in [-0.4, -0.2) is 4.57 Å². The number of aromatic nitrogens is 1. The number of hydrogen-bond donors (Lipinski definition) is 0. The number of aryl methyl sites for hydroxylation is 1. The molecule has 3 heterocycles. The van der Waals surface area contributed by atoms with Gasteiger partial charge in [0.25, 0.3) is 0 Å². The third kappa shape index (κ3) is 4.30. The lowest BCUT2D eigenvalue weighted by atomic mass is 9.83. The standard InChI is InChI=1S/C51H33NO2/c1-2-11-34(12-3-1)52-46-18-7-4-13-37(46)44-28-32(23-26-47(44)52)31-21-24-36-35(40-16-10-17-41-38-14-5-9-20-49(38)54-51(40)41)25-22-33-29-50-45(30-42(33)43(36)27-31)39-15-6-8-19-48(39)53-50/h1-21,23-24,26-30,35H,22,25H2. The van der Waals surface area contributed by atoms with Gasteiger partial charge in [-0.2, -0.15) is 0 Å². The lowest BCUT2D eigenvalue weighted by Gasteiger charge is -2.20. The highest BCUT2D eigenvalue weighted by molar-refractivity contribution is 6.11. The van der Waals surface area contributed by atoms with Crippen molar-refractivity contribution in [2.24, 2.45) is 0 Å². The highest BCUT2D eigenvalue weighted by atomic mass is 16.3. The second-order valence-corrected chi connectivity index (χ2v) is 14.7. The largest absolute Gasteiger partial charge is 0.456 e. The van der Waals surface area contributed by atoms with E-state index in [1.807, 2.05) is 0 Å². The summed E-state index contributed by atoms with van der Waals surface area (Å²) in [4.78, 5) is 0. The number of fused-ring (bicyclic) bond motifs is 12. The van der Waals surface area contributed by atoms with Crippen molar-refractivity contribution >= 4 is 65.7 Å². The normalized spacial score (nSPS) is 14.3. The molecule has 1 aliphatic rings. The van der Waals surface area contributed by atoms with Crippen LogP contribution in [0, 0.1) is 0 Å². The summed E-state index contributed by atoms with van der Waals surface area (Å²) in [6.07, 6.45) is 1.89. The zero-order chi connectivity index (χ0) is 35.3. The van der Waals surface area contributed by atoms with Crippen LogP contribution < -0.4 is 0 Å². The smallest absolute Gasteiger partial charge is 0.139 e. The molecule has 0 radical (unpaired) electrons. The molecule has 3 nitrogen and oxygen atoms in total. The zero-order valence-corrected chi connectivity index (χ0v) is 29.4. The van der Waals surface area contributed by atoms with E-state index in [0.29, 0.717) is 0 Å². The van der Waals surface area contributed by atoms with Crippen LogP contribution in [0.1, 0.15) is 29.0 Å². The van der Waals surface area contributed by atoms with E-state index in [4.69, 9.17) is 8.83 Å². The first-order valence-electron chi connectivity index (χ1n) is 18.8. The van der Waals surface area contributed by atoms with Crippen LogP contribution in [0.15, 0.2) is 179 Å². The number of benzene rings is 8. The average molecular weight is 692 g/mol. The van der Waals surface area contributed by atoms with Gasteiger partial charge in [-0.3, -0.25) is 0 Å². The van der Waals surface area contributed by atoms with Crippen LogP contribution in [0.5, 0.6) is 0 Å². The van der Waals surface area contributed by atoms with E-state index in [-0.39, 0.29) is 5.92 Å². The number of hydrogen-bond acceptors (Lipinski definition) is 2. The van der Waals surface area contributed by atoms with Crippen LogP contribution in [0.3, 0.4) is 0 Å². The first-order chi connectivity index (χ1) is 26.8. The van der Waals surface area contributed by atoms with Gasteiger partial charge in [0.05, 0.1) is 11.0 Å². The Kier molecular flexibility index (Phi) is 6.23. The molecule has 3 aromatic heterocycles. The second-order valence-electron chi connectivity index (χ2n) is 14.7. The fourth-order valence-corrected chi connectivity index (χ4v) is 9.37. The Morgan fingerprint density at radius 3 is 1.98 bits per heavy atom. The Labute approximate surface area is 311 Å². The lowest BCUT2D eigenvalue weighted by Crippen LogP contribution is -2.03. The minimum Gasteiger partial charge on any atom is -0.456 e. The molecule has 0 bridgehead atoms. The molecule has 1 aliphatic carbocycles. The molecule has 0 saturated carbocycles. The molecule has 1 atom stereocenters. The van der Waals surface area contributed by atoms with E-state index in [0.717, 1.165) is 51.3 Å². The third-order valence-electron chi connectivity index (χ3n) is 11.9. The van der Waals surface area contributed by atoms with Gasteiger partial charge >= 0.3 is 0 Å². The fourth-order valence-electron chi connectivity index (χ4n) is 9.37. The lowest BCUT2D eigenvalue weighted by molar-refractivity contribution is 0.646. The van der Waals surface area contributed by atoms with Crippen molar-refractivity contribution < 1.29 is 8.83 Å². The quantitative estimate of drug-likeness (QED) is 0.185. The molecule has 12 rings (SSSR count). The molecule has 0 amide bonds. The van der Waals surface area contributed by atoms with Gasteiger partial charge in [0, 0.05) is 49.5 Å². The second kappa shape index (κ2) is 11.3. The van der Waals surface area contributed by atoms with E-state index >= 15 is 0 Å². The zero-order valence-electron chi connectivity index (χ0n) is 29.4. The Morgan fingerprint density at radius 1 is 0.426 bits per heavy atom. The summed E-state index contributed by atoms with van der Waals surface area (Å²) < 4.78 is 15.5. The monoisotopic (exact) mass is 691 g/mol. The van der Waals surface area contributed by atoms with E-state index in [1.165, 1.54) is 71.8 Å². The Morgan fingerprint density at radius 2 is 1.11 bits per heavy atom. The van der Waals surface area contributed by atoms with Gasteiger partial charge in [0.2, 0.25) is 0 Å². The molecule has 3 heteroatoms. The van der Waals surface area contributed by atoms with Gasteiger partial charge in [-0.15, -0.1) is 0 Å². The molecular formula is C51H33NO2. The van der Waals surface area contributed by atoms with Crippen LogP contribution in [-0.2, 0) is 6.42 Å². The molecule has 0 fully saturated rings. The molecule has 0 saturated heterocycles. The topological polar surface area (TPSA) is 31.2 Å². The number of furan rings is 2. The molecule has 1 unspecified atom stereocenters. The van der Waals surface area contributed by atoms with E-state index in [1.54, 1.807) is 0 Å². The van der Waals surface area contributed by atoms with Crippen LogP contribution >= 0.6 is 0 Å². The SMILES string of the molecule is c1ccc(-n2c3ccccc3c3cc(-c4ccc5c(c4)-c4cc6c(cc4CCC5c4cccc5c4oc4ccccc45)oc4ccccc46)ccc32)cc1. The molecule has 254 valence electrons. The maximum atomic E-state index is 6.65. The van der Waals surface area contributed by atoms with Crippen molar-refractivity contribution in [1.29, 1.82) is 0 Å². The molecule has 54 heavy (non-hydrogen) atoms. The highest BCUT2D eigenvalue weighted by Gasteiger charge is 2.28. The summed E-state index contributed by atoms with van der Waals surface area (Å²) in [6.45, 7) is 0. The molecule has 8 aromatic carbocycles. The van der Waals surface area contributed by atoms with Gasteiger partial charge < -0.3 is 13.4 Å². The highest BCUT2D eigenvalue weighted by Crippen LogP contribution is 2.48. The molecule has 0 aliphatic heterocycles. The van der Waals surface area contributed by atoms with E-state index < -0.39 is 0 Å². The molecule has 0 spiro atoms. The average Bonchev–Trinajstić information content (AvgIpc) is 3.87. The van der Waals surface area contributed by atoms with Gasteiger partial charge in [-0.05, 0) is 107 Å². The van der Waals surface area contributed by atoms with Gasteiger partial charge in [-0.25, -0.2) is 0 Å². The number of rotatable bonds is 3. The summed E-state index contributed by atoms with van der Waals surface area (Å²) in [5.74, 6) is 0.153. The molecule has 0 N–H and O–H groups in total. The number of para-hydroxylation sites is 5. The predicted octanol–water partition coefficient (Wildman–Crippen LogP) is 14.0. The Hall–Kier alpha value is -6.84. The minimum absolute atomic E-state index is 0.153. The summed E-state index contributed by atoms with van der Waals surface area (Å²) in [5.41, 5.74) is 16.3. The molecular weight excluding hydrogens is 659 g/mol. The van der Waals surface area contributed by atoms with Crippen molar-refractivity contribution in [2.45, 2.75) is 18.8 Å². The van der Waals surface area contributed by atoms with Crippen molar-refractivity contribution in [3.05, 3.63) is 187 Å². The summed E-state index contributed by atoms with van der Waals surface area (Å²) in [5, 5.41) is 7.16. The van der Waals surface area contributed by atoms with Crippen LogP contribution in [0.25, 0.3) is 93.6 Å². The van der Waals surface area contributed by atoms with Gasteiger partial charge in [0.1, 0.15) is 22.3 Å². The van der Waals surface area contributed by atoms with E-state index in [9.17, 15) is 0 Å². The maximum absolute atomic E-state index is 6.65. The fraction of sp³-hybridized carbons (Fsp3) is 0.0588. The Bertz CT molecular complexity index is 3290. The van der Waals surface area contributed by atoms with Crippen molar-refractivity contribution in [1.82, 2.24) is 4.57 Å². The summed E-state index contributed by atoms with van der Waals surface area (Å²) in [6, 6.07) is 61.7. The summed E-state index contributed by atoms with van der Waals surface area (Å²) >= 11 is 0. The minimum atomic E-state index is 0.153. The predicted molar refractivity (Wildman–Crippen MR) is 223 cm³/mol. The maximum Gasteiger partial charge on any atom is 0.139 e. The first kappa shape index (κ1) is 29.7. The van der Waals surface area contributed by atoms with Crippen molar-refractivity contribution in [2.75, 3.05) is 0 Å². The van der Waals surface area contributed by atoms with Crippen molar-refractivity contribution in [3.8, 4) is 27.9 Å². The molecule has 11 aromatic rings. The van der Waals surface area contributed by atoms with Crippen LogP contribution in [0.2, 0.25) is 0 Å². The third-order valence-corrected chi connectivity index (χ3v) is 11.9. The first-order valence-corrected chi connectivity index (χ1v) is 18.8. The van der Waals surface area contributed by atoms with Gasteiger partial charge in [-0.1, -0.05) is 109 Å².